The monoisotopic (exact) mass is 383 g/mol. The molecule has 2 unspecified atom stereocenters. The van der Waals surface area contributed by atoms with E-state index in [0.29, 0.717) is 24.8 Å². The van der Waals surface area contributed by atoms with Gasteiger partial charge in [-0.15, -0.1) is 0 Å². The van der Waals surface area contributed by atoms with Gasteiger partial charge in [0.15, 0.2) is 0 Å². The maximum atomic E-state index is 12.6. The molecular formula is C22H29N3O3. The van der Waals surface area contributed by atoms with E-state index in [2.05, 4.69) is 10.3 Å². The predicted octanol–water partition coefficient (Wildman–Crippen LogP) is 3.80. The maximum Gasteiger partial charge on any atom is 0.225 e. The van der Waals surface area contributed by atoms with Crippen LogP contribution < -0.4 is 20.5 Å². The van der Waals surface area contributed by atoms with Crippen LogP contribution in [0.5, 0.6) is 17.4 Å². The highest BCUT2D eigenvalue weighted by Gasteiger charge is 2.37. The van der Waals surface area contributed by atoms with Crippen LogP contribution in [0.3, 0.4) is 0 Å². The smallest absolute Gasteiger partial charge is 0.225 e. The summed E-state index contributed by atoms with van der Waals surface area (Å²) in [5.41, 5.74) is 6.83. The SMILES string of the molecule is CCOc1ccc(Oc2cc(CNC(=O)C3CCCCC3(C)N)ccn2)cc1. The number of nitrogens with zero attached hydrogens (tertiary/aromatic N) is 1. The zero-order valence-electron chi connectivity index (χ0n) is 16.6. The molecule has 1 fully saturated rings. The second kappa shape index (κ2) is 9.06. The van der Waals surface area contributed by atoms with Crippen LogP contribution in [-0.4, -0.2) is 23.0 Å². The number of carbonyl (C=O) groups is 1. The lowest BCUT2D eigenvalue weighted by Gasteiger charge is -2.37. The molecule has 1 aromatic carbocycles. The second-order valence-corrected chi connectivity index (χ2v) is 7.53. The van der Waals surface area contributed by atoms with Gasteiger partial charge in [-0.3, -0.25) is 4.79 Å². The summed E-state index contributed by atoms with van der Waals surface area (Å²) in [7, 11) is 0. The van der Waals surface area contributed by atoms with E-state index < -0.39 is 5.54 Å². The van der Waals surface area contributed by atoms with Gasteiger partial charge in [0, 0.05) is 24.3 Å². The molecular weight excluding hydrogens is 354 g/mol. The van der Waals surface area contributed by atoms with Gasteiger partial charge < -0.3 is 20.5 Å². The van der Waals surface area contributed by atoms with Gasteiger partial charge >= 0.3 is 0 Å². The third-order valence-corrected chi connectivity index (χ3v) is 5.19. The minimum absolute atomic E-state index is 0.0236. The Morgan fingerprint density at radius 2 is 2.00 bits per heavy atom. The number of hydrogen-bond acceptors (Lipinski definition) is 5. The fourth-order valence-electron chi connectivity index (χ4n) is 3.61. The Balaban J connectivity index is 1.58. The molecule has 150 valence electrons. The van der Waals surface area contributed by atoms with E-state index in [9.17, 15) is 4.79 Å². The quantitative estimate of drug-likeness (QED) is 0.759. The van der Waals surface area contributed by atoms with E-state index in [-0.39, 0.29) is 11.8 Å². The van der Waals surface area contributed by atoms with Crippen LogP contribution in [0.15, 0.2) is 42.6 Å². The van der Waals surface area contributed by atoms with Gasteiger partial charge in [0.25, 0.3) is 0 Å². The summed E-state index contributed by atoms with van der Waals surface area (Å²) in [5, 5.41) is 3.02. The highest BCUT2D eigenvalue weighted by Crippen LogP contribution is 2.31. The van der Waals surface area contributed by atoms with Gasteiger partial charge in [-0.1, -0.05) is 12.8 Å². The topological polar surface area (TPSA) is 86.5 Å². The number of amides is 1. The molecule has 0 radical (unpaired) electrons. The molecule has 28 heavy (non-hydrogen) atoms. The number of pyridine rings is 1. The number of ether oxygens (including phenoxy) is 2. The molecule has 3 rings (SSSR count). The van der Waals surface area contributed by atoms with Crippen molar-refractivity contribution in [1.82, 2.24) is 10.3 Å². The first-order valence-electron chi connectivity index (χ1n) is 9.90. The lowest BCUT2D eigenvalue weighted by Crippen LogP contribution is -2.52. The van der Waals surface area contributed by atoms with Gasteiger partial charge in [0.2, 0.25) is 11.8 Å². The van der Waals surface area contributed by atoms with E-state index >= 15 is 0 Å². The average Bonchev–Trinajstić information content (AvgIpc) is 2.68. The number of benzene rings is 1. The zero-order valence-corrected chi connectivity index (χ0v) is 16.6. The van der Waals surface area contributed by atoms with Gasteiger partial charge in [-0.05, 0) is 62.6 Å². The van der Waals surface area contributed by atoms with Gasteiger partial charge in [0.1, 0.15) is 11.5 Å². The average molecular weight is 383 g/mol. The van der Waals surface area contributed by atoms with Crippen molar-refractivity contribution in [1.29, 1.82) is 0 Å². The number of carbonyl (C=O) groups excluding carboxylic acids is 1. The molecule has 1 aliphatic rings. The molecule has 1 heterocycles. The summed E-state index contributed by atoms with van der Waals surface area (Å²) in [6.45, 7) is 4.97. The summed E-state index contributed by atoms with van der Waals surface area (Å²) in [6.07, 6.45) is 5.56. The normalized spacial score (nSPS) is 21.8. The Kier molecular flexibility index (Phi) is 6.52. The van der Waals surface area contributed by atoms with Crippen molar-refractivity contribution < 1.29 is 14.3 Å². The Bertz CT molecular complexity index is 790. The van der Waals surface area contributed by atoms with Crippen LogP contribution in [0, 0.1) is 5.92 Å². The maximum absolute atomic E-state index is 12.6. The molecule has 2 atom stereocenters. The Labute approximate surface area is 166 Å². The van der Waals surface area contributed by atoms with E-state index in [0.717, 1.165) is 37.0 Å². The van der Waals surface area contributed by atoms with E-state index in [1.165, 1.54) is 0 Å². The highest BCUT2D eigenvalue weighted by molar-refractivity contribution is 5.80. The summed E-state index contributed by atoms with van der Waals surface area (Å²) >= 11 is 0. The fraction of sp³-hybridized carbons (Fsp3) is 0.455. The Morgan fingerprint density at radius 3 is 2.71 bits per heavy atom. The third kappa shape index (κ3) is 5.23. The van der Waals surface area contributed by atoms with Crippen molar-refractivity contribution in [2.75, 3.05) is 6.61 Å². The first-order valence-corrected chi connectivity index (χ1v) is 9.90. The lowest BCUT2D eigenvalue weighted by molar-refractivity contribution is -0.128. The zero-order chi connectivity index (χ0) is 20.0. The molecule has 0 bridgehead atoms. The number of nitrogens with one attached hydrogen (secondary N) is 1. The van der Waals surface area contributed by atoms with Crippen molar-refractivity contribution in [3.63, 3.8) is 0 Å². The third-order valence-electron chi connectivity index (χ3n) is 5.19. The Hall–Kier alpha value is -2.60. The van der Waals surface area contributed by atoms with Gasteiger partial charge in [0.05, 0.1) is 12.5 Å². The van der Waals surface area contributed by atoms with Crippen LogP contribution in [-0.2, 0) is 11.3 Å². The fourth-order valence-corrected chi connectivity index (χ4v) is 3.61. The van der Waals surface area contributed by atoms with Gasteiger partial charge in [-0.25, -0.2) is 4.98 Å². The summed E-state index contributed by atoms with van der Waals surface area (Å²) in [4.78, 5) is 16.8. The van der Waals surface area contributed by atoms with Crippen LogP contribution in [0.2, 0.25) is 0 Å². The van der Waals surface area contributed by atoms with Crippen LogP contribution in [0.4, 0.5) is 0 Å². The van der Waals surface area contributed by atoms with Crippen molar-refractivity contribution >= 4 is 5.91 Å². The number of aromatic nitrogens is 1. The molecule has 1 saturated carbocycles. The molecule has 6 heteroatoms. The molecule has 2 aromatic rings. The lowest BCUT2D eigenvalue weighted by atomic mass is 9.74. The molecule has 1 aliphatic carbocycles. The van der Waals surface area contributed by atoms with Crippen molar-refractivity contribution in [2.45, 2.75) is 51.6 Å². The summed E-state index contributed by atoms with van der Waals surface area (Å²) in [6, 6.07) is 11.1. The largest absolute Gasteiger partial charge is 0.494 e. The number of nitrogens with two attached hydrogens (primary N) is 1. The van der Waals surface area contributed by atoms with Crippen molar-refractivity contribution in [3.05, 3.63) is 48.2 Å². The minimum atomic E-state index is -0.428. The van der Waals surface area contributed by atoms with E-state index in [4.69, 9.17) is 15.2 Å². The second-order valence-electron chi connectivity index (χ2n) is 7.53. The first-order chi connectivity index (χ1) is 13.5. The molecule has 0 aliphatic heterocycles. The van der Waals surface area contributed by atoms with Crippen LogP contribution in [0.1, 0.15) is 45.1 Å². The van der Waals surface area contributed by atoms with Crippen molar-refractivity contribution in [3.8, 4) is 17.4 Å². The molecule has 1 amide bonds. The molecule has 0 saturated heterocycles. The van der Waals surface area contributed by atoms with Crippen LogP contribution >= 0.6 is 0 Å². The van der Waals surface area contributed by atoms with Crippen molar-refractivity contribution in [2.24, 2.45) is 11.7 Å². The molecule has 6 nitrogen and oxygen atoms in total. The Morgan fingerprint density at radius 1 is 1.25 bits per heavy atom. The highest BCUT2D eigenvalue weighted by atomic mass is 16.5. The van der Waals surface area contributed by atoms with E-state index in [1.807, 2.05) is 50.2 Å². The molecule has 3 N–H and O–H groups in total. The molecule has 1 aromatic heterocycles. The summed E-state index contributed by atoms with van der Waals surface area (Å²) < 4.78 is 11.2. The van der Waals surface area contributed by atoms with E-state index in [1.54, 1.807) is 6.20 Å². The number of hydrogen-bond donors (Lipinski definition) is 2. The first kappa shape index (κ1) is 20.1. The standard InChI is InChI=1S/C22H29N3O3/c1-3-27-17-7-9-18(10-8-17)28-20-14-16(11-13-24-20)15-25-21(26)19-6-4-5-12-22(19,2)23/h7-11,13-14,19H,3-6,12,15,23H2,1-2H3,(H,25,26). The predicted molar refractivity (Wildman–Crippen MR) is 108 cm³/mol. The number of rotatable bonds is 7. The van der Waals surface area contributed by atoms with Crippen LogP contribution in [0.25, 0.3) is 0 Å². The molecule has 0 spiro atoms. The summed E-state index contributed by atoms with van der Waals surface area (Å²) in [5.74, 6) is 1.85. The minimum Gasteiger partial charge on any atom is -0.494 e. The van der Waals surface area contributed by atoms with Gasteiger partial charge in [-0.2, -0.15) is 0 Å².